The van der Waals surface area contributed by atoms with Gasteiger partial charge in [-0.05, 0) is 221 Å². The molecule has 0 atom stereocenters. The van der Waals surface area contributed by atoms with Crippen molar-refractivity contribution in [3.63, 3.8) is 0 Å². The van der Waals surface area contributed by atoms with E-state index in [1.165, 1.54) is 278 Å². The van der Waals surface area contributed by atoms with Crippen LogP contribution in [0.2, 0.25) is 0 Å². The fourth-order valence-electron chi connectivity index (χ4n) is 14.4. The molecule has 0 saturated heterocycles. The lowest BCUT2D eigenvalue weighted by atomic mass is 10.0. The summed E-state index contributed by atoms with van der Waals surface area (Å²) >= 11 is 0. The fourth-order valence-corrected chi connectivity index (χ4v) is 14.4. The third-order valence-electron chi connectivity index (χ3n) is 22.5. The Morgan fingerprint density at radius 3 is 0.556 bits per heavy atom. The zero-order valence-electron chi connectivity index (χ0n) is 82.0. The lowest BCUT2D eigenvalue weighted by Crippen LogP contribution is -2.09. The molecule has 0 fully saturated rings. The van der Waals surface area contributed by atoms with Gasteiger partial charge >= 0.3 is 23.9 Å². The number of ether oxygens (including phenoxy) is 11. The second kappa shape index (κ2) is 74.3. The molecule has 0 aromatic heterocycles. The fraction of sp³-hybridized carbons (Fsp3) is 0.544. The Balaban J connectivity index is 0.000000314. The Kier molecular flexibility index (Phi) is 63.4. The van der Waals surface area contributed by atoms with Gasteiger partial charge in [-0.1, -0.05) is 312 Å². The van der Waals surface area contributed by atoms with Crippen molar-refractivity contribution in [2.45, 2.75) is 357 Å². The van der Waals surface area contributed by atoms with E-state index in [1.807, 2.05) is 12.1 Å². The number of unbranched alkanes of at least 4 members (excludes halogenated alkanes) is 38. The van der Waals surface area contributed by atoms with Gasteiger partial charge in [-0.25, -0.2) is 36.7 Å². The first-order chi connectivity index (χ1) is 65.0. The quantitative estimate of drug-likeness (QED) is 0.0153. The number of hydrogen-bond acceptors (Lipinski definition) is 15. The minimum atomic E-state index is -0.611. The van der Waals surface area contributed by atoms with Crippen LogP contribution in [0.4, 0.5) is 17.6 Å². The average molecular weight is 1850 g/mol. The van der Waals surface area contributed by atoms with Crippen molar-refractivity contribution >= 4 is 23.9 Å². The Labute approximate surface area is 795 Å². The number of hydrogen-bond donors (Lipinski definition) is 0. The highest BCUT2D eigenvalue weighted by Gasteiger charge is 2.19. The van der Waals surface area contributed by atoms with Crippen LogP contribution in [-0.4, -0.2) is 70.1 Å². The predicted octanol–water partition coefficient (Wildman–Crippen LogP) is 33.5. The number of carbonyl (C=O) groups is 4. The van der Waals surface area contributed by atoms with Gasteiger partial charge in [-0.3, -0.25) is 0 Å². The molecular formula is C114H160F4O15. The van der Waals surface area contributed by atoms with Crippen molar-refractivity contribution in [1.82, 2.24) is 0 Å². The van der Waals surface area contributed by atoms with E-state index in [2.05, 4.69) is 55.4 Å². The minimum Gasteiger partial charge on any atom is -0.494 e. The predicted molar refractivity (Wildman–Crippen MR) is 531 cm³/mol. The standard InChI is InChI=1S/C30H43FO4.C29H41FO3.C28H39FO4.C27H37FO4/c1-3-5-7-9-11-13-14-22-33-26-17-19-27(20-18-26)35-30(32)25-16-21-29(28(31)24-25)34-23-15-12-10-8-6-4-2;1-3-5-7-9-11-13-15-24-16-19-26(20-17-24)33-29(31)25-18-21-28(27(30)23-25)32-22-14-12-10-8-6-4-2;1-3-5-7-9-11-13-21-32-27-19-14-23(22-26(27)29)28(30)33-25-17-15-24(16-18-25)31-20-12-10-8-6-4-2;1-3-5-7-9-10-12-20-31-26-18-13-22(21-25(26)28)27(29)32-24-16-14-23(15-17-24)30-19-11-8-6-4-2/h16-21,24H,3-15,22-23H2,1-2H3;16-21,23H,3-15,22H2,1-2H3;14-19,22H,3-13,20-21H2,1-2H3;13-18,21H,3-12,19-20H2,1-2H3. The number of aryl methyl sites for hydroxylation is 1. The molecule has 0 radical (unpaired) electrons. The summed E-state index contributed by atoms with van der Waals surface area (Å²) in [5.41, 5.74) is 1.85. The molecule has 0 bridgehead atoms. The summed E-state index contributed by atoms with van der Waals surface area (Å²) in [7, 11) is 0. The van der Waals surface area contributed by atoms with Crippen LogP contribution in [0, 0.1) is 23.3 Å². The van der Waals surface area contributed by atoms with Crippen LogP contribution in [-0.2, 0) is 6.42 Å². The number of benzene rings is 8. The van der Waals surface area contributed by atoms with Gasteiger partial charge in [0.1, 0.15) is 40.2 Å². The molecular weight excluding hydrogens is 1690 g/mol. The molecule has 0 N–H and O–H groups in total. The normalized spacial score (nSPS) is 10.8. The van der Waals surface area contributed by atoms with E-state index in [4.69, 9.17) is 52.1 Å². The van der Waals surface area contributed by atoms with Crippen LogP contribution in [0.5, 0.6) is 63.2 Å². The molecule has 133 heavy (non-hydrogen) atoms. The van der Waals surface area contributed by atoms with Crippen LogP contribution < -0.4 is 52.1 Å². The monoisotopic (exact) mass is 1850 g/mol. The van der Waals surface area contributed by atoms with E-state index in [0.717, 1.165) is 113 Å². The number of esters is 4. The average Bonchev–Trinajstić information content (AvgIpc) is 0.859. The zero-order chi connectivity index (χ0) is 95.6. The highest BCUT2D eigenvalue weighted by Crippen LogP contribution is 2.30. The molecule has 0 saturated carbocycles. The highest BCUT2D eigenvalue weighted by atomic mass is 19.1. The van der Waals surface area contributed by atoms with Gasteiger partial charge in [0.15, 0.2) is 46.3 Å². The van der Waals surface area contributed by atoms with Gasteiger partial charge in [-0.15, -0.1) is 0 Å². The maximum Gasteiger partial charge on any atom is 0.343 e. The van der Waals surface area contributed by atoms with E-state index < -0.39 is 47.1 Å². The molecule has 8 rings (SSSR count). The molecule has 0 aliphatic rings. The van der Waals surface area contributed by atoms with E-state index in [0.29, 0.717) is 69.2 Å². The van der Waals surface area contributed by atoms with Gasteiger partial charge < -0.3 is 52.1 Å². The Bertz CT molecular complexity index is 4190. The molecule has 8 aromatic rings. The summed E-state index contributed by atoms with van der Waals surface area (Å²) in [5.74, 6) is -0.0862. The second-order valence-electron chi connectivity index (χ2n) is 34.3. The largest absolute Gasteiger partial charge is 0.494 e. The zero-order valence-corrected chi connectivity index (χ0v) is 82.0. The summed E-state index contributed by atoms with van der Waals surface area (Å²) in [4.78, 5) is 49.6. The molecule has 15 nitrogen and oxygen atoms in total. The molecule has 0 aliphatic heterocycles. The molecule has 0 aliphatic carbocycles. The topological polar surface area (TPSA) is 170 Å². The van der Waals surface area contributed by atoms with E-state index in [-0.39, 0.29) is 45.3 Å². The smallest absolute Gasteiger partial charge is 0.343 e. The van der Waals surface area contributed by atoms with E-state index in [1.54, 1.807) is 91.0 Å². The number of rotatable bonds is 69. The molecule has 8 aromatic carbocycles. The summed E-state index contributed by atoms with van der Waals surface area (Å²) in [6.07, 6.45) is 55.3. The summed E-state index contributed by atoms with van der Waals surface area (Å²) < 4.78 is 118. The van der Waals surface area contributed by atoms with Crippen molar-refractivity contribution in [3.05, 3.63) is 221 Å². The van der Waals surface area contributed by atoms with E-state index >= 15 is 0 Å². The van der Waals surface area contributed by atoms with Crippen molar-refractivity contribution in [1.29, 1.82) is 0 Å². The number of carbonyl (C=O) groups excluding carboxylic acids is 4. The summed E-state index contributed by atoms with van der Waals surface area (Å²) in [6.45, 7) is 21.5. The highest BCUT2D eigenvalue weighted by molar-refractivity contribution is 5.93. The van der Waals surface area contributed by atoms with Gasteiger partial charge in [-0.2, -0.15) is 0 Å². The molecule has 0 amide bonds. The van der Waals surface area contributed by atoms with E-state index in [9.17, 15) is 36.7 Å². The maximum absolute atomic E-state index is 14.4. The Morgan fingerprint density at radius 1 is 0.188 bits per heavy atom. The van der Waals surface area contributed by atoms with Gasteiger partial charge in [0.05, 0.1) is 68.5 Å². The molecule has 0 heterocycles. The molecule has 19 heteroatoms. The van der Waals surface area contributed by atoms with Crippen LogP contribution >= 0.6 is 0 Å². The Hall–Kier alpha value is -10.0. The second-order valence-corrected chi connectivity index (χ2v) is 34.3. The first-order valence-corrected chi connectivity index (χ1v) is 50.9. The Morgan fingerprint density at radius 2 is 0.353 bits per heavy atom. The van der Waals surface area contributed by atoms with Crippen molar-refractivity contribution in [2.75, 3.05) is 46.2 Å². The number of halogens is 4. The van der Waals surface area contributed by atoms with Crippen LogP contribution in [0.15, 0.2) is 170 Å². The van der Waals surface area contributed by atoms with Crippen LogP contribution in [0.3, 0.4) is 0 Å². The molecule has 0 spiro atoms. The van der Waals surface area contributed by atoms with Crippen LogP contribution in [0.1, 0.15) is 398 Å². The first kappa shape index (κ1) is 113. The third-order valence-corrected chi connectivity index (χ3v) is 22.5. The first-order valence-electron chi connectivity index (χ1n) is 50.9. The van der Waals surface area contributed by atoms with Crippen LogP contribution in [0.25, 0.3) is 0 Å². The summed E-state index contributed by atoms with van der Waals surface area (Å²) in [6, 6.07) is 45.1. The van der Waals surface area contributed by atoms with Crippen molar-refractivity contribution < 1.29 is 88.8 Å². The minimum absolute atomic E-state index is 0.144. The lowest BCUT2D eigenvalue weighted by Gasteiger charge is -2.10. The van der Waals surface area contributed by atoms with Gasteiger partial charge in [0, 0.05) is 0 Å². The third kappa shape index (κ3) is 52.4. The lowest BCUT2D eigenvalue weighted by molar-refractivity contribution is 0.0724. The van der Waals surface area contributed by atoms with Crippen molar-refractivity contribution in [3.8, 4) is 63.2 Å². The molecule has 734 valence electrons. The van der Waals surface area contributed by atoms with Gasteiger partial charge in [0.2, 0.25) is 0 Å². The molecule has 0 unspecified atom stereocenters. The maximum atomic E-state index is 14.4. The summed E-state index contributed by atoms with van der Waals surface area (Å²) in [5, 5.41) is 0. The SMILES string of the molecule is CCCCCCCCCOc1ccc(OC(=O)c2ccc(OCCCCCCCC)c(F)c2)cc1.CCCCCCCCOc1ccc(C(=O)Oc2ccc(CCCCCCCC)cc2)cc1F.CCCCCCCCOc1ccc(C(=O)Oc2ccc(OCCCCCC)cc2)cc1F.CCCCCCCCOc1ccc(C(=O)Oc2ccc(OCCCCCCC)cc2)cc1F. The van der Waals surface area contributed by atoms with Gasteiger partial charge in [0.25, 0.3) is 0 Å². The van der Waals surface area contributed by atoms with Crippen molar-refractivity contribution in [2.24, 2.45) is 0 Å².